The summed E-state index contributed by atoms with van der Waals surface area (Å²) in [4.78, 5) is 17.9. The lowest BCUT2D eigenvalue weighted by molar-refractivity contribution is -0.127. The summed E-state index contributed by atoms with van der Waals surface area (Å²) in [5, 5.41) is 5.35. The molecule has 5 heteroatoms. The first-order valence-electron chi connectivity index (χ1n) is 9.65. The van der Waals surface area contributed by atoms with Crippen LogP contribution in [-0.4, -0.2) is 10.9 Å². The van der Waals surface area contributed by atoms with E-state index in [1.165, 1.54) is 6.42 Å². The lowest BCUT2D eigenvalue weighted by atomic mass is 9.69. The molecule has 0 radical (unpaired) electrons. The Morgan fingerprint density at radius 1 is 1.00 bits per heavy atom. The average Bonchev–Trinajstić information content (AvgIpc) is 2.68. The molecule has 28 heavy (non-hydrogen) atoms. The minimum atomic E-state index is -0.447. The van der Waals surface area contributed by atoms with E-state index in [2.05, 4.69) is 10.3 Å². The molecule has 1 amide bonds. The van der Waals surface area contributed by atoms with Gasteiger partial charge in [-0.2, -0.15) is 0 Å². The van der Waals surface area contributed by atoms with Crippen molar-refractivity contribution in [3.8, 4) is 0 Å². The molecule has 1 fully saturated rings. The van der Waals surface area contributed by atoms with Crippen LogP contribution in [0.5, 0.6) is 0 Å². The van der Waals surface area contributed by atoms with Crippen LogP contribution >= 0.6 is 23.2 Å². The summed E-state index contributed by atoms with van der Waals surface area (Å²) in [7, 11) is 0. The molecule has 1 aliphatic rings. The Hall–Kier alpha value is -2.10. The van der Waals surface area contributed by atoms with Gasteiger partial charge in [0.25, 0.3) is 0 Å². The Bertz CT molecular complexity index is 992. The van der Waals surface area contributed by atoms with Crippen LogP contribution < -0.4 is 5.32 Å². The molecule has 0 spiro atoms. The van der Waals surface area contributed by atoms with Crippen LogP contribution in [0.4, 0.5) is 5.69 Å². The van der Waals surface area contributed by atoms with Gasteiger partial charge in [0.1, 0.15) is 0 Å². The van der Waals surface area contributed by atoms with Crippen molar-refractivity contribution in [1.29, 1.82) is 0 Å². The van der Waals surface area contributed by atoms with Crippen molar-refractivity contribution in [1.82, 2.24) is 4.98 Å². The van der Waals surface area contributed by atoms with E-state index in [1.807, 2.05) is 42.5 Å². The Balaban J connectivity index is 1.61. The first kappa shape index (κ1) is 19.2. The third-order valence-corrected chi connectivity index (χ3v) is 6.04. The van der Waals surface area contributed by atoms with E-state index < -0.39 is 5.41 Å². The van der Waals surface area contributed by atoms with Crippen LogP contribution in [0, 0.1) is 5.41 Å². The van der Waals surface area contributed by atoms with E-state index in [-0.39, 0.29) is 5.91 Å². The number of anilines is 1. The highest BCUT2D eigenvalue weighted by atomic mass is 35.5. The van der Waals surface area contributed by atoms with Gasteiger partial charge >= 0.3 is 0 Å². The number of fused-ring (bicyclic) bond motifs is 1. The van der Waals surface area contributed by atoms with Crippen LogP contribution in [0.15, 0.2) is 54.7 Å². The molecular weight excluding hydrogens is 391 g/mol. The lowest BCUT2D eigenvalue weighted by Gasteiger charge is -2.36. The molecule has 1 heterocycles. The number of hydrogen-bond acceptors (Lipinski definition) is 2. The first-order chi connectivity index (χ1) is 13.5. The van der Waals surface area contributed by atoms with Crippen molar-refractivity contribution in [3.63, 3.8) is 0 Å². The summed E-state index contributed by atoms with van der Waals surface area (Å²) in [6.07, 6.45) is 7.37. The minimum Gasteiger partial charge on any atom is -0.324 e. The molecule has 1 saturated carbocycles. The fourth-order valence-corrected chi connectivity index (χ4v) is 4.79. The Morgan fingerprint density at radius 3 is 2.46 bits per heavy atom. The van der Waals surface area contributed by atoms with Crippen LogP contribution in [0.1, 0.15) is 37.7 Å². The van der Waals surface area contributed by atoms with Gasteiger partial charge < -0.3 is 5.32 Å². The zero-order valence-electron chi connectivity index (χ0n) is 15.6. The molecule has 144 valence electrons. The second-order valence-corrected chi connectivity index (χ2v) is 8.54. The molecule has 4 rings (SSSR count). The van der Waals surface area contributed by atoms with Gasteiger partial charge in [-0.3, -0.25) is 9.78 Å². The van der Waals surface area contributed by atoms with Crippen LogP contribution in [0.25, 0.3) is 10.9 Å². The molecule has 1 N–H and O–H groups in total. The second-order valence-electron chi connectivity index (χ2n) is 7.67. The van der Waals surface area contributed by atoms with Crippen molar-refractivity contribution >= 4 is 45.7 Å². The standard InChI is InChI=1S/C23H22Cl2N2O/c24-18-10-16(11-19(25)13-18)14-23(8-4-1-5-9-23)22(28)27-20-12-17-6-2-3-7-21(17)26-15-20/h2-3,6-7,10-13,15H,1,4-5,8-9,14H2,(H,27,28). The van der Waals surface area contributed by atoms with Crippen LogP contribution in [0.2, 0.25) is 10.0 Å². The molecule has 0 aliphatic heterocycles. The van der Waals surface area contributed by atoms with Gasteiger partial charge in [-0.05, 0) is 55.2 Å². The summed E-state index contributed by atoms with van der Waals surface area (Å²) in [5.41, 5.74) is 2.21. The number of pyridine rings is 1. The highest BCUT2D eigenvalue weighted by Gasteiger charge is 2.39. The van der Waals surface area contributed by atoms with E-state index in [9.17, 15) is 4.79 Å². The Morgan fingerprint density at radius 2 is 1.71 bits per heavy atom. The first-order valence-corrected chi connectivity index (χ1v) is 10.4. The SMILES string of the molecule is O=C(Nc1cnc2ccccc2c1)C1(Cc2cc(Cl)cc(Cl)c2)CCCCC1. The number of hydrogen-bond donors (Lipinski definition) is 1. The van der Waals surface area contributed by atoms with E-state index in [0.717, 1.165) is 47.8 Å². The molecule has 0 atom stereocenters. The van der Waals surface area contributed by atoms with E-state index >= 15 is 0 Å². The average molecular weight is 413 g/mol. The highest BCUT2D eigenvalue weighted by molar-refractivity contribution is 6.34. The highest BCUT2D eigenvalue weighted by Crippen LogP contribution is 2.41. The Labute approximate surface area is 175 Å². The third kappa shape index (κ3) is 4.16. The van der Waals surface area contributed by atoms with Crippen molar-refractivity contribution < 1.29 is 4.79 Å². The minimum absolute atomic E-state index is 0.0559. The van der Waals surface area contributed by atoms with Gasteiger partial charge in [0.05, 0.1) is 22.8 Å². The number of aromatic nitrogens is 1. The smallest absolute Gasteiger partial charge is 0.230 e. The maximum atomic E-state index is 13.4. The van der Waals surface area contributed by atoms with Crippen molar-refractivity contribution in [2.24, 2.45) is 5.41 Å². The molecule has 1 aliphatic carbocycles. The van der Waals surface area contributed by atoms with Crippen molar-refractivity contribution in [2.45, 2.75) is 38.5 Å². The quantitative estimate of drug-likeness (QED) is 0.519. The number of rotatable bonds is 4. The largest absolute Gasteiger partial charge is 0.324 e. The topological polar surface area (TPSA) is 42.0 Å². The molecule has 0 saturated heterocycles. The van der Waals surface area contributed by atoms with E-state index in [0.29, 0.717) is 16.5 Å². The second kappa shape index (κ2) is 8.10. The van der Waals surface area contributed by atoms with Crippen LogP contribution in [0.3, 0.4) is 0 Å². The monoisotopic (exact) mass is 412 g/mol. The number of para-hydroxylation sites is 1. The Kier molecular flexibility index (Phi) is 5.56. The fraction of sp³-hybridized carbons (Fsp3) is 0.304. The van der Waals surface area contributed by atoms with Gasteiger partial charge in [-0.15, -0.1) is 0 Å². The third-order valence-electron chi connectivity index (χ3n) is 5.61. The van der Waals surface area contributed by atoms with Crippen molar-refractivity contribution in [3.05, 3.63) is 70.3 Å². The van der Waals surface area contributed by atoms with Crippen LogP contribution in [-0.2, 0) is 11.2 Å². The van der Waals surface area contributed by atoms with Gasteiger partial charge in [-0.25, -0.2) is 0 Å². The molecule has 0 unspecified atom stereocenters. The zero-order valence-corrected chi connectivity index (χ0v) is 17.1. The maximum absolute atomic E-state index is 13.4. The summed E-state index contributed by atoms with van der Waals surface area (Å²) in [6.45, 7) is 0. The number of halogens is 2. The molecule has 2 aromatic carbocycles. The summed E-state index contributed by atoms with van der Waals surface area (Å²) >= 11 is 12.4. The number of benzene rings is 2. The lowest BCUT2D eigenvalue weighted by Crippen LogP contribution is -2.40. The number of nitrogens with one attached hydrogen (secondary N) is 1. The fourth-order valence-electron chi connectivity index (χ4n) is 4.22. The molecular formula is C23H22Cl2N2O. The number of amides is 1. The summed E-state index contributed by atoms with van der Waals surface area (Å²) in [5.74, 6) is 0.0559. The zero-order chi connectivity index (χ0) is 19.6. The van der Waals surface area contributed by atoms with Crippen molar-refractivity contribution in [2.75, 3.05) is 5.32 Å². The normalized spacial score (nSPS) is 16.1. The predicted molar refractivity (Wildman–Crippen MR) is 116 cm³/mol. The number of carbonyl (C=O) groups is 1. The van der Waals surface area contributed by atoms with Gasteiger partial charge in [0.2, 0.25) is 5.91 Å². The number of carbonyl (C=O) groups excluding carboxylic acids is 1. The predicted octanol–water partition coefficient (Wildman–Crippen LogP) is 6.67. The maximum Gasteiger partial charge on any atom is 0.230 e. The molecule has 3 nitrogen and oxygen atoms in total. The molecule has 0 bridgehead atoms. The summed E-state index contributed by atoms with van der Waals surface area (Å²) in [6, 6.07) is 15.4. The van der Waals surface area contributed by atoms with Gasteiger partial charge in [-0.1, -0.05) is 60.7 Å². The van der Waals surface area contributed by atoms with Gasteiger partial charge in [0, 0.05) is 15.4 Å². The van der Waals surface area contributed by atoms with Gasteiger partial charge in [0.15, 0.2) is 0 Å². The van der Waals surface area contributed by atoms with E-state index in [1.54, 1.807) is 12.3 Å². The molecule has 1 aromatic heterocycles. The number of nitrogens with zero attached hydrogens (tertiary/aromatic N) is 1. The molecule has 3 aromatic rings. The summed E-state index contributed by atoms with van der Waals surface area (Å²) < 4.78 is 0. The van der Waals surface area contributed by atoms with E-state index in [4.69, 9.17) is 23.2 Å².